The molecular formula is C12H23N3O2S. The average molecular weight is 273 g/mol. The van der Waals surface area contributed by atoms with E-state index in [0.717, 1.165) is 30.8 Å². The first kappa shape index (κ1) is 15.3. The van der Waals surface area contributed by atoms with Gasteiger partial charge in [-0.1, -0.05) is 12.2 Å². The van der Waals surface area contributed by atoms with Crippen LogP contribution in [0.2, 0.25) is 0 Å². The van der Waals surface area contributed by atoms with E-state index in [9.17, 15) is 4.79 Å². The third kappa shape index (κ3) is 5.29. The Labute approximate surface area is 114 Å². The van der Waals surface area contributed by atoms with E-state index in [4.69, 9.17) is 22.7 Å². The summed E-state index contributed by atoms with van der Waals surface area (Å²) in [5, 5.41) is 3.36. The Hall–Kier alpha value is -0.720. The highest BCUT2D eigenvalue weighted by molar-refractivity contribution is 7.80. The molecule has 6 heteroatoms. The van der Waals surface area contributed by atoms with Gasteiger partial charge in [-0.05, 0) is 19.3 Å². The molecule has 0 aromatic heterocycles. The Balaban J connectivity index is 2.11. The minimum atomic E-state index is -0.242. The molecule has 18 heavy (non-hydrogen) atoms. The van der Waals surface area contributed by atoms with Crippen LogP contribution in [-0.4, -0.2) is 55.2 Å². The summed E-state index contributed by atoms with van der Waals surface area (Å²) in [4.78, 5) is 13.4. The second-order valence-electron chi connectivity index (χ2n) is 4.85. The topological polar surface area (TPSA) is 67.6 Å². The van der Waals surface area contributed by atoms with E-state index in [2.05, 4.69) is 5.32 Å². The minimum Gasteiger partial charge on any atom is -0.377 e. The van der Waals surface area contributed by atoms with Gasteiger partial charge in [0.2, 0.25) is 5.91 Å². The van der Waals surface area contributed by atoms with Crippen LogP contribution in [0.15, 0.2) is 0 Å². The van der Waals surface area contributed by atoms with Crippen LogP contribution in [0.4, 0.5) is 0 Å². The van der Waals surface area contributed by atoms with Crippen molar-refractivity contribution in [1.29, 1.82) is 0 Å². The van der Waals surface area contributed by atoms with Crippen molar-refractivity contribution < 1.29 is 9.53 Å². The molecule has 0 unspecified atom stereocenters. The van der Waals surface area contributed by atoms with Crippen LogP contribution in [0, 0.1) is 0 Å². The van der Waals surface area contributed by atoms with Gasteiger partial charge in [0.05, 0.1) is 17.1 Å². The number of carbonyl (C=O) groups excluding carboxylic acids is 1. The van der Waals surface area contributed by atoms with E-state index in [0.29, 0.717) is 13.0 Å². The molecule has 0 saturated carbocycles. The fraction of sp³-hybridized carbons (Fsp3) is 0.833. The first-order valence-corrected chi connectivity index (χ1v) is 6.76. The van der Waals surface area contributed by atoms with Crippen molar-refractivity contribution in [2.24, 2.45) is 5.73 Å². The molecule has 0 radical (unpaired) electrons. The molecule has 1 aliphatic rings. The molecule has 0 bridgehead atoms. The molecule has 3 N–H and O–H groups in total. The molecule has 0 aromatic carbocycles. The lowest BCUT2D eigenvalue weighted by Gasteiger charge is -2.19. The van der Waals surface area contributed by atoms with E-state index in [1.54, 1.807) is 0 Å². The maximum atomic E-state index is 10.6. The molecule has 1 fully saturated rings. The third-order valence-electron chi connectivity index (χ3n) is 3.00. The summed E-state index contributed by atoms with van der Waals surface area (Å²) >= 11 is 5.33. The highest BCUT2D eigenvalue weighted by atomic mass is 32.1. The van der Waals surface area contributed by atoms with Crippen LogP contribution in [0.25, 0.3) is 0 Å². The van der Waals surface area contributed by atoms with Gasteiger partial charge in [0.25, 0.3) is 0 Å². The maximum absolute atomic E-state index is 10.6. The van der Waals surface area contributed by atoms with Crippen LogP contribution in [0.3, 0.4) is 0 Å². The monoisotopic (exact) mass is 273 g/mol. The first-order valence-electron chi connectivity index (χ1n) is 6.35. The molecule has 2 atom stereocenters. The molecule has 1 heterocycles. The molecule has 1 amide bonds. The van der Waals surface area contributed by atoms with Crippen molar-refractivity contribution in [3.63, 3.8) is 0 Å². The van der Waals surface area contributed by atoms with Crippen LogP contribution in [0.5, 0.6) is 0 Å². The van der Waals surface area contributed by atoms with Gasteiger partial charge >= 0.3 is 0 Å². The van der Waals surface area contributed by atoms with Crippen molar-refractivity contribution in [2.45, 2.75) is 37.8 Å². The zero-order chi connectivity index (χ0) is 13.5. The number of carbonyl (C=O) groups is 1. The Bertz CT molecular complexity index is 297. The molecule has 1 rings (SSSR count). The van der Waals surface area contributed by atoms with Crippen molar-refractivity contribution in [1.82, 2.24) is 10.2 Å². The van der Waals surface area contributed by atoms with Crippen molar-refractivity contribution in [3.05, 3.63) is 0 Å². The van der Waals surface area contributed by atoms with Crippen LogP contribution in [-0.2, 0) is 9.53 Å². The summed E-state index contributed by atoms with van der Waals surface area (Å²) in [7, 11) is 3.92. The van der Waals surface area contributed by atoms with Crippen molar-refractivity contribution in [2.75, 3.05) is 27.2 Å². The predicted octanol–water partition coefficient (Wildman–Crippen LogP) is 0.278. The lowest BCUT2D eigenvalue weighted by Crippen LogP contribution is -2.38. The number of nitrogens with zero attached hydrogens (tertiary/aromatic N) is 1. The fourth-order valence-corrected chi connectivity index (χ4v) is 2.16. The Morgan fingerprint density at radius 1 is 1.50 bits per heavy atom. The van der Waals surface area contributed by atoms with Gasteiger partial charge in [-0.3, -0.25) is 4.79 Å². The molecule has 5 nitrogen and oxygen atoms in total. The fourth-order valence-electron chi connectivity index (χ4n) is 1.98. The summed E-state index contributed by atoms with van der Waals surface area (Å²) in [5.41, 5.74) is 5.07. The number of nitrogens with one attached hydrogen (secondary N) is 1. The third-order valence-corrected chi connectivity index (χ3v) is 3.65. The van der Waals surface area contributed by atoms with Gasteiger partial charge in [0, 0.05) is 33.7 Å². The number of thiocarbonyl (C=S) groups is 1. The molecule has 0 aliphatic carbocycles. The molecule has 1 saturated heterocycles. The van der Waals surface area contributed by atoms with E-state index in [1.165, 1.54) is 0 Å². The Morgan fingerprint density at radius 2 is 2.22 bits per heavy atom. The van der Waals surface area contributed by atoms with E-state index < -0.39 is 0 Å². The summed E-state index contributed by atoms with van der Waals surface area (Å²) in [6.45, 7) is 1.52. The number of nitrogens with two attached hydrogens (primary N) is 1. The summed E-state index contributed by atoms with van der Waals surface area (Å²) in [5.74, 6) is -0.242. The highest BCUT2D eigenvalue weighted by Gasteiger charge is 2.28. The summed E-state index contributed by atoms with van der Waals surface area (Å²) in [6.07, 6.45) is 3.27. The molecule has 1 aliphatic heterocycles. The highest BCUT2D eigenvalue weighted by Crippen LogP contribution is 2.13. The number of hydrogen-bond acceptors (Lipinski definition) is 4. The Morgan fingerprint density at radius 3 is 2.83 bits per heavy atom. The standard InChI is InChI=1S/C12H23N3O2S/c1-15(2)12(18)10-7-9(8-14-10)17-6-4-3-5-11(13)16/h9-10,14H,3-8H2,1-2H3,(H2,13,16)/t9-,10+/m1/s1. The molecular weight excluding hydrogens is 250 g/mol. The maximum Gasteiger partial charge on any atom is 0.217 e. The zero-order valence-electron chi connectivity index (χ0n) is 11.1. The van der Waals surface area contributed by atoms with Gasteiger partial charge < -0.3 is 20.7 Å². The predicted molar refractivity (Wildman–Crippen MR) is 75.5 cm³/mol. The van der Waals surface area contributed by atoms with Crippen molar-refractivity contribution in [3.8, 4) is 0 Å². The SMILES string of the molecule is CN(C)C(=S)[C@@H]1C[C@@H](OCCCCC(N)=O)CN1. The number of rotatable bonds is 7. The number of unbranched alkanes of at least 4 members (excludes halogenated alkanes) is 1. The summed E-state index contributed by atoms with van der Waals surface area (Å²) < 4.78 is 5.75. The number of likely N-dealkylation sites (N-methyl/N-ethyl adjacent to an activating group) is 1. The first-order chi connectivity index (χ1) is 8.50. The van der Waals surface area contributed by atoms with Gasteiger partial charge in [-0.2, -0.15) is 0 Å². The lowest BCUT2D eigenvalue weighted by molar-refractivity contribution is -0.118. The molecule has 104 valence electrons. The van der Waals surface area contributed by atoms with Gasteiger partial charge in [-0.15, -0.1) is 0 Å². The van der Waals surface area contributed by atoms with Crippen LogP contribution < -0.4 is 11.1 Å². The minimum absolute atomic E-state index is 0.224. The zero-order valence-corrected chi connectivity index (χ0v) is 12.0. The number of primary amides is 1. The van der Waals surface area contributed by atoms with E-state index in [-0.39, 0.29) is 18.1 Å². The second kappa shape index (κ2) is 7.66. The number of amides is 1. The summed E-state index contributed by atoms with van der Waals surface area (Å²) in [6, 6.07) is 0.241. The van der Waals surface area contributed by atoms with Gasteiger partial charge in [-0.25, -0.2) is 0 Å². The smallest absolute Gasteiger partial charge is 0.217 e. The van der Waals surface area contributed by atoms with Crippen LogP contribution >= 0.6 is 12.2 Å². The Kier molecular flexibility index (Phi) is 6.52. The number of ether oxygens (including phenoxy) is 1. The second-order valence-corrected chi connectivity index (χ2v) is 5.26. The van der Waals surface area contributed by atoms with Crippen molar-refractivity contribution >= 4 is 23.1 Å². The van der Waals surface area contributed by atoms with E-state index in [1.807, 2.05) is 19.0 Å². The van der Waals surface area contributed by atoms with Crippen LogP contribution in [0.1, 0.15) is 25.7 Å². The van der Waals surface area contributed by atoms with E-state index >= 15 is 0 Å². The molecule has 0 spiro atoms. The molecule has 0 aromatic rings. The largest absolute Gasteiger partial charge is 0.377 e. The van der Waals surface area contributed by atoms with Gasteiger partial charge in [0.1, 0.15) is 0 Å². The average Bonchev–Trinajstić information content (AvgIpc) is 2.75. The van der Waals surface area contributed by atoms with Gasteiger partial charge in [0.15, 0.2) is 0 Å². The lowest BCUT2D eigenvalue weighted by atomic mass is 10.2. The quantitative estimate of drug-likeness (QED) is 0.515. The normalized spacial score (nSPS) is 23.0. The number of hydrogen-bond donors (Lipinski definition) is 2.